The number of carbonyl (C=O) groups excluding carboxylic acids is 2. The number of benzene rings is 2. The minimum absolute atomic E-state index is 0.107. The van der Waals surface area contributed by atoms with Gasteiger partial charge in [0.25, 0.3) is 0 Å². The van der Waals surface area contributed by atoms with Gasteiger partial charge in [0.15, 0.2) is 5.78 Å². The number of H-pyrrole nitrogens is 1. The highest BCUT2D eigenvalue weighted by Gasteiger charge is 2.49. The molecule has 1 atom stereocenters. The van der Waals surface area contributed by atoms with E-state index in [2.05, 4.69) is 9.97 Å². The van der Waals surface area contributed by atoms with Crippen molar-refractivity contribution < 1.29 is 14.7 Å². The van der Waals surface area contributed by atoms with E-state index in [4.69, 9.17) is 5.11 Å². The standard InChI is InChI=1S/C22H21N3O3/c26-13-19(27)15-6-5-14-7-8-22(12-16(14)11-15)9-10-25(20(22)28)21-23-17-3-1-2-4-18(17)24-21/h1-6,11,26H,7-10,12-13H2,(H,23,24)/t22-/m1/s1. The average Bonchev–Trinajstić information content (AvgIpc) is 3.28. The molecule has 2 N–H and O–H groups in total. The minimum Gasteiger partial charge on any atom is -0.388 e. The molecular weight excluding hydrogens is 354 g/mol. The molecule has 2 heterocycles. The fraction of sp³-hybridized carbons (Fsp3) is 0.318. The number of anilines is 1. The van der Waals surface area contributed by atoms with Crippen LogP contribution < -0.4 is 4.90 Å². The lowest BCUT2D eigenvalue weighted by molar-refractivity contribution is -0.126. The van der Waals surface area contributed by atoms with E-state index < -0.39 is 12.0 Å². The Labute approximate surface area is 162 Å². The van der Waals surface area contributed by atoms with Gasteiger partial charge in [-0.05, 0) is 55.0 Å². The number of aromatic nitrogens is 2. The van der Waals surface area contributed by atoms with Crippen LogP contribution in [0.3, 0.4) is 0 Å². The number of aliphatic hydroxyl groups is 1. The normalized spacial score (nSPS) is 21.5. The first-order valence-electron chi connectivity index (χ1n) is 9.62. The summed E-state index contributed by atoms with van der Waals surface area (Å²) in [6.07, 6.45) is 3.04. The first kappa shape index (κ1) is 17.1. The third-order valence-corrected chi connectivity index (χ3v) is 6.22. The van der Waals surface area contributed by atoms with Crippen molar-refractivity contribution in [1.29, 1.82) is 0 Å². The van der Waals surface area contributed by atoms with Crippen LogP contribution >= 0.6 is 0 Å². The number of fused-ring (bicyclic) bond motifs is 2. The number of carbonyl (C=O) groups is 2. The quantitative estimate of drug-likeness (QED) is 0.689. The van der Waals surface area contributed by atoms with Crippen molar-refractivity contribution in [2.45, 2.75) is 25.7 Å². The highest BCUT2D eigenvalue weighted by atomic mass is 16.3. The topological polar surface area (TPSA) is 86.3 Å². The molecule has 0 saturated carbocycles. The highest BCUT2D eigenvalue weighted by molar-refractivity contribution is 6.00. The van der Waals surface area contributed by atoms with Crippen LogP contribution in [0.15, 0.2) is 42.5 Å². The minimum atomic E-state index is -0.497. The van der Waals surface area contributed by atoms with Crippen LogP contribution in [-0.2, 0) is 17.6 Å². The number of para-hydroxylation sites is 2. The van der Waals surface area contributed by atoms with Crippen molar-refractivity contribution in [2.75, 3.05) is 18.1 Å². The molecule has 1 amide bonds. The molecule has 2 aromatic carbocycles. The van der Waals surface area contributed by atoms with E-state index in [-0.39, 0.29) is 11.7 Å². The zero-order chi connectivity index (χ0) is 19.3. The number of rotatable bonds is 3. The van der Waals surface area contributed by atoms with Crippen LogP contribution in [-0.4, -0.2) is 39.9 Å². The molecular formula is C22H21N3O3. The lowest BCUT2D eigenvalue weighted by atomic mass is 9.70. The van der Waals surface area contributed by atoms with Crippen molar-refractivity contribution in [1.82, 2.24) is 9.97 Å². The van der Waals surface area contributed by atoms with Crippen molar-refractivity contribution in [3.05, 3.63) is 59.2 Å². The Hall–Kier alpha value is -2.99. The number of aryl methyl sites for hydroxylation is 1. The molecule has 2 aliphatic rings. The lowest BCUT2D eigenvalue weighted by Crippen LogP contribution is -2.39. The molecule has 1 saturated heterocycles. The number of amides is 1. The zero-order valence-corrected chi connectivity index (χ0v) is 15.4. The van der Waals surface area contributed by atoms with Crippen molar-refractivity contribution in [3.63, 3.8) is 0 Å². The monoisotopic (exact) mass is 375 g/mol. The van der Waals surface area contributed by atoms with Crippen LogP contribution in [0.2, 0.25) is 0 Å². The summed E-state index contributed by atoms with van der Waals surface area (Å²) < 4.78 is 0. The van der Waals surface area contributed by atoms with Crippen LogP contribution in [0.4, 0.5) is 5.95 Å². The van der Waals surface area contributed by atoms with E-state index in [1.54, 1.807) is 11.0 Å². The third kappa shape index (κ3) is 2.56. The molecule has 1 aliphatic carbocycles. The maximum Gasteiger partial charge on any atom is 0.235 e. The number of ketones is 1. The molecule has 1 aliphatic heterocycles. The van der Waals surface area contributed by atoms with E-state index >= 15 is 0 Å². The van der Waals surface area contributed by atoms with Gasteiger partial charge < -0.3 is 10.1 Å². The number of hydrogen-bond acceptors (Lipinski definition) is 4. The molecule has 0 radical (unpaired) electrons. The van der Waals surface area contributed by atoms with Gasteiger partial charge in [-0.15, -0.1) is 0 Å². The predicted molar refractivity (Wildman–Crippen MR) is 105 cm³/mol. The fourth-order valence-electron chi connectivity index (χ4n) is 4.61. The lowest BCUT2D eigenvalue weighted by Gasteiger charge is -2.33. The first-order chi connectivity index (χ1) is 13.6. The van der Waals surface area contributed by atoms with E-state index in [0.717, 1.165) is 35.9 Å². The van der Waals surface area contributed by atoms with Gasteiger partial charge >= 0.3 is 0 Å². The second-order valence-electron chi connectivity index (χ2n) is 7.81. The Balaban J connectivity index is 1.45. The van der Waals surface area contributed by atoms with E-state index in [0.29, 0.717) is 24.5 Å². The fourth-order valence-corrected chi connectivity index (χ4v) is 4.61. The van der Waals surface area contributed by atoms with Gasteiger partial charge in [0.1, 0.15) is 6.61 Å². The first-order valence-corrected chi connectivity index (χ1v) is 9.62. The van der Waals surface area contributed by atoms with Crippen molar-refractivity contribution >= 4 is 28.7 Å². The molecule has 3 aromatic rings. The Kier molecular flexibility index (Phi) is 3.84. The van der Waals surface area contributed by atoms with Crippen LogP contribution in [0.1, 0.15) is 34.3 Å². The number of nitrogens with one attached hydrogen (secondary N) is 1. The van der Waals surface area contributed by atoms with Gasteiger partial charge in [-0.1, -0.05) is 24.3 Å². The number of aliphatic hydroxyl groups excluding tert-OH is 1. The summed E-state index contributed by atoms with van der Waals surface area (Å²) in [6.45, 7) is 0.145. The molecule has 6 nitrogen and oxygen atoms in total. The zero-order valence-electron chi connectivity index (χ0n) is 15.4. The van der Waals surface area contributed by atoms with Gasteiger partial charge in [0.05, 0.1) is 16.4 Å². The summed E-state index contributed by atoms with van der Waals surface area (Å²) in [5, 5.41) is 9.14. The summed E-state index contributed by atoms with van der Waals surface area (Å²) in [7, 11) is 0. The number of imidazole rings is 1. The van der Waals surface area contributed by atoms with Gasteiger partial charge in [-0.25, -0.2) is 4.98 Å². The summed E-state index contributed by atoms with van der Waals surface area (Å²) >= 11 is 0. The van der Waals surface area contributed by atoms with Gasteiger partial charge in [-0.2, -0.15) is 0 Å². The average molecular weight is 375 g/mol. The third-order valence-electron chi connectivity index (χ3n) is 6.22. The summed E-state index contributed by atoms with van der Waals surface area (Å²) in [5.74, 6) is 0.429. The number of aromatic amines is 1. The smallest absolute Gasteiger partial charge is 0.235 e. The number of Topliss-reactive ketones (excluding diaryl/α,β-unsaturated/α-hetero) is 1. The largest absolute Gasteiger partial charge is 0.388 e. The van der Waals surface area contributed by atoms with Gasteiger partial charge in [-0.3, -0.25) is 14.5 Å². The summed E-state index contributed by atoms with van der Waals surface area (Å²) in [4.78, 5) is 34.9. The highest BCUT2D eigenvalue weighted by Crippen LogP contribution is 2.44. The van der Waals surface area contributed by atoms with Crippen molar-refractivity contribution in [2.24, 2.45) is 5.41 Å². The predicted octanol–water partition coefficient (Wildman–Crippen LogP) is 2.65. The van der Waals surface area contributed by atoms with E-state index in [9.17, 15) is 9.59 Å². The van der Waals surface area contributed by atoms with E-state index in [1.165, 1.54) is 5.56 Å². The van der Waals surface area contributed by atoms with Crippen molar-refractivity contribution in [3.8, 4) is 0 Å². The Morgan fingerprint density at radius 3 is 2.86 bits per heavy atom. The summed E-state index contributed by atoms with van der Waals surface area (Å²) in [6, 6.07) is 13.4. The Morgan fingerprint density at radius 1 is 1.18 bits per heavy atom. The molecule has 1 aromatic heterocycles. The Bertz CT molecular complexity index is 1070. The van der Waals surface area contributed by atoms with Crippen LogP contribution in [0, 0.1) is 5.41 Å². The second-order valence-corrected chi connectivity index (χ2v) is 7.81. The molecule has 6 heteroatoms. The maximum atomic E-state index is 13.4. The van der Waals surface area contributed by atoms with Gasteiger partial charge in [0.2, 0.25) is 11.9 Å². The molecule has 142 valence electrons. The maximum absolute atomic E-state index is 13.4. The van der Waals surface area contributed by atoms with Crippen LogP contribution in [0.5, 0.6) is 0 Å². The van der Waals surface area contributed by atoms with Gasteiger partial charge in [0, 0.05) is 12.1 Å². The SMILES string of the molecule is O=C(CO)c1ccc2c(c1)C[C@@]1(CC2)CCN(c2nc3ccccc3[nH]2)C1=O. The van der Waals surface area contributed by atoms with Crippen LogP contribution in [0.25, 0.3) is 11.0 Å². The molecule has 5 rings (SSSR count). The number of hydrogen-bond donors (Lipinski definition) is 2. The molecule has 1 fully saturated rings. The molecule has 0 bridgehead atoms. The molecule has 28 heavy (non-hydrogen) atoms. The molecule has 0 unspecified atom stereocenters. The summed E-state index contributed by atoms with van der Waals surface area (Å²) in [5.41, 5.74) is 4.09. The molecule has 1 spiro atoms. The second kappa shape index (κ2) is 6.27. The Morgan fingerprint density at radius 2 is 2.04 bits per heavy atom. The van der Waals surface area contributed by atoms with E-state index in [1.807, 2.05) is 36.4 Å². The number of nitrogens with zero attached hydrogens (tertiary/aromatic N) is 2.